The van der Waals surface area contributed by atoms with Crippen LogP contribution in [0.5, 0.6) is 0 Å². The van der Waals surface area contributed by atoms with Gasteiger partial charge in [0.15, 0.2) is 0 Å². The van der Waals surface area contributed by atoms with Gasteiger partial charge in [-0.15, -0.1) is 0 Å². The molecule has 1 heterocycles. The van der Waals surface area contributed by atoms with Crippen LogP contribution >= 0.6 is 0 Å². The van der Waals surface area contributed by atoms with Gasteiger partial charge in [0.1, 0.15) is 12.9 Å². The van der Waals surface area contributed by atoms with E-state index in [0.717, 1.165) is 19.4 Å². The summed E-state index contributed by atoms with van der Waals surface area (Å²) in [6.45, 7) is 1.84. The number of aryl methyl sites for hydroxylation is 1. The Hall–Kier alpha value is -0.900. The minimum absolute atomic E-state index is 0.119. The number of benzene rings is 1. The van der Waals surface area contributed by atoms with Gasteiger partial charge in [0.2, 0.25) is 0 Å². The Morgan fingerprint density at radius 2 is 2.07 bits per heavy atom. The van der Waals surface area contributed by atoms with Gasteiger partial charge in [-0.1, -0.05) is 24.3 Å². The lowest BCUT2D eigenvalue weighted by Gasteiger charge is -2.08. The van der Waals surface area contributed by atoms with E-state index in [-0.39, 0.29) is 6.10 Å². The Labute approximate surface area is 90.2 Å². The molecule has 2 rings (SSSR count). The van der Waals surface area contributed by atoms with E-state index in [1.165, 1.54) is 11.1 Å². The molecule has 1 aliphatic heterocycles. The summed E-state index contributed by atoms with van der Waals surface area (Å²) in [6, 6.07) is 8.52. The van der Waals surface area contributed by atoms with E-state index in [1.807, 2.05) is 0 Å². The first-order chi connectivity index (χ1) is 7.40. The summed E-state index contributed by atoms with van der Waals surface area (Å²) in [7, 11) is 0. The lowest BCUT2D eigenvalue weighted by atomic mass is 10.0. The van der Waals surface area contributed by atoms with Gasteiger partial charge in [0.05, 0.1) is 6.61 Å². The van der Waals surface area contributed by atoms with Crippen LogP contribution in [-0.4, -0.2) is 19.9 Å². The largest absolute Gasteiger partial charge is 0.352 e. The lowest BCUT2D eigenvalue weighted by molar-refractivity contribution is 0.0466. The summed E-state index contributed by atoms with van der Waals surface area (Å²) < 4.78 is 10.6. The Bertz CT molecular complexity index is 291. The third kappa shape index (κ3) is 2.78. The monoisotopic (exact) mass is 207 g/mol. The molecule has 82 valence electrons. The van der Waals surface area contributed by atoms with E-state index in [4.69, 9.17) is 15.2 Å². The molecular weight excluding hydrogens is 190 g/mol. The van der Waals surface area contributed by atoms with Gasteiger partial charge in [-0.2, -0.15) is 0 Å². The number of hydrogen-bond donors (Lipinski definition) is 1. The highest BCUT2D eigenvalue weighted by Gasteiger charge is 2.17. The van der Waals surface area contributed by atoms with Crippen LogP contribution in [0, 0.1) is 0 Å². The minimum Gasteiger partial charge on any atom is -0.352 e. The molecular formula is C12H17NO2. The molecule has 1 aromatic carbocycles. The van der Waals surface area contributed by atoms with Gasteiger partial charge in [0, 0.05) is 0 Å². The zero-order chi connectivity index (χ0) is 10.5. The Balaban J connectivity index is 1.96. The molecule has 1 fully saturated rings. The molecule has 0 bridgehead atoms. The van der Waals surface area contributed by atoms with Crippen LogP contribution < -0.4 is 5.73 Å². The van der Waals surface area contributed by atoms with Crippen molar-refractivity contribution in [1.82, 2.24) is 0 Å². The smallest absolute Gasteiger partial charge is 0.147 e. The zero-order valence-electron chi connectivity index (χ0n) is 8.82. The third-order valence-corrected chi connectivity index (χ3v) is 2.64. The van der Waals surface area contributed by atoms with Crippen LogP contribution in [0.2, 0.25) is 0 Å². The number of ether oxygens (including phenoxy) is 2. The van der Waals surface area contributed by atoms with Crippen molar-refractivity contribution in [2.75, 3.05) is 19.9 Å². The molecule has 0 aliphatic carbocycles. The summed E-state index contributed by atoms with van der Waals surface area (Å²) in [5, 5.41) is 0. The van der Waals surface area contributed by atoms with E-state index in [0.29, 0.717) is 13.4 Å². The first-order valence-electron chi connectivity index (χ1n) is 5.38. The van der Waals surface area contributed by atoms with E-state index < -0.39 is 0 Å². The summed E-state index contributed by atoms with van der Waals surface area (Å²) in [5.74, 6) is 0. The van der Waals surface area contributed by atoms with Crippen LogP contribution in [0.3, 0.4) is 0 Å². The molecule has 0 radical (unpaired) electrons. The molecule has 15 heavy (non-hydrogen) atoms. The van der Waals surface area contributed by atoms with E-state index in [2.05, 4.69) is 24.3 Å². The van der Waals surface area contributed by atoms with Gasteiger partial charge < -0.3 is 15.2 Å². The fourth-order valence-corrected chi connectivity index (χ4v) is 1.73. The fraction of sp³-hybridized carbons (Fsp3) is 0.500. The SMILES string of the molecule is NCCCc1ccc(C2COCO2)cc1. The molecule has 3 heteroatoms. The Morgan fingerprint density at radius 3 is 2.67 bits per heavy atom. The summed E-state index contributed by atoms with van der Waals surface area (Å²) in [5.41, 5.74) is 8.00. The molecule has 0 saturated carbocycles. The minimum atomic E-state index is 0.119. The zero-order valence-corrected chi connectivity index (χ0v) is 8.82. The van der Waals surface area contributed by atoms with Crippen molar-refractivity contribution in [3.63, 3.8) is 0 Å². The summed E-state index contributed by atoms with van der Waals surface area (Å²) in [4.78, 5) is 0. The third-order valence-electron chi connectivity index (χ3n) is 2.64. The average Bonchev–Trinajstić information content (AvgIpc) is 2.80. The van der Waals surface area contributed by atoms with Crippen LogP contribution in [0.1, 0.15) is 23.7 Å². The van der Waals surface area contributed by atoms with E-state index in [1.54, 1.807) is 0 Å². The molecule has 1 saturated heterocycles. The van der Waals surface area contributed by atoms with E-state index in [9.17, 15) is 0 Å². The fourth-order valence-electron chi connectivity index (χ4n) is 1.73. The Kier molecular flexibility index (Phi) is 3.72. The molecule has 0 amide bonds. The lowest BCUT2D eigenvalue weighted by Crippen LogP contribution is -2.02. The van der Waals surface area contributed by atoms with Gasteiger partial charge in [-0.05, 0) is 30.5 Å². The predicted molar refractivity (Wildman–Crippen MR) is 58.5 cm³/mol. The average molecular weight is 207 g/mol. The quantitative estimate of drug-likeness (QED) is 0.816. The van der Waals surface area contributed by atoms with Crippen molar-refractivity contribution in [2.24, 2.45) is 5.73 Å². The molecule has 1 atom stereocenters. The van der Waals surface area contributed by atoms with Crippen LogP contribution in [0.25, 0.3) is 0 Å². The second-order valence-corrected chi connectivity index (χ2v) is 3.78. The van der Waals surface area contributed by atoms with E-state index >= 15 is 0 Å². The standard InChI is InChI=1S/C12H17NO2/c13-7-1-2-10-3-5-11(6-4-10)12-8-14-9-15-12/h3-6,12H,1-2,7-9,13H2. The molecule has 0 spiro atoms. The van der Waals surface area contributed by atoms with Crippen LogP contribution in [0.4, 0.5) is 0 Å². The number of rotatable bonds is 4. The van der Waals surface area contributed by atoms with Gasteiger partial charge in [-0.3, -0.25) is 0 Å². The first-order valence-corrected chi connectivity index (χ1v) is 5.38. The Morgan fingerprint density at radius 1 is 1.27 bits per heavy atom. The molecule has 1 aliphatic rings. The molecule has 2 N–H and O–H groups in total. The van der Waals surface area contributed by atoms with Crippen molar-refractivity contribution in [3.8, 4) is 0 Å². The second-order valence-electron chi connectivity index (χ2n) is 3.78. The molecule has 1 unspecified atom stereocenters. The highest BCUT2D eigenvalue weighted by atomic mass is 16.7. The number of nitrogens with two attached hydrogens (primary N) is 1. The normalized spacial score (nSPS) is 20.7. The maximum absolute atomic E-state index is 5.47. The van der Waals surface area contributed by atoms with Crippen molar-refractivity contribution in [2.45, 2.75) is 18.9 Å². The van der Waals surface area contributed by atoms with Gasteiger partial charge in [0.25, 0.3) is 0 Å². The molecule has 3 nitrogen and oxygen atoms in total. The van der Waals surface area contributed by atoms with Crippen molar-refractivity contribution >= 4 is 0 Å². The highest BCUT2D eigenvalue weighted by molar-refractivity contribution is 5.24. The van der Waals surface area contributed by atoms with Gasteiger partial charge >= 0.3 is 0 Å². The van der Waals surface area contributed by atoms with Gasteiger partial charge in [-0.25, -0.2) is 0 Å². The maximum atomic E-state index is 5.47. The van der Waals surface area contributed by atoms with Crippen molar-refractivity contribution < 1.29 is 9.47 Å². The van der Waals surface area contributed by atoms with Crippen molar-refractivity contribution in [1.29, 1.82) is 0 Å². The predicted octanol–water partition coefficient (Wildman–Crippen LogP) is 1.62. The molecule has 1 aromatic rings. The summed E-state index contributed by atoms with van der Waals surface area (Å²) in [6.07, 6.45) is 2.22. The van der Waals surface area contributed by atoms with Crippen LogP contribution in [-0.2, 0) is 15.9 Å². The topological polar surface area (TPSA) is 44.5 Å². The highest BCUT2D eigenvalue weighted by Crippen LogP contribution is 2.22. The van der Waals surface area contributed by atoms with Crippen molar-refractivity contribution in [3.05, 3.63) is 35.4 Å². The van der Waals surface area contributed by atoms with Crippen LogP contribution in [0.15, 0.2) is 24.3 Å². The molecule has 0 aromatic heterocycles. The summed E-state index contributed by atoms with van der Waals surface area (Å²) >= 11 is 0. The first kappa shape index (κ1) is 10.6. The number of hydrogen-bond acceptors (Lipinski definition) is 3. The maximum Gasteiger partial charge on any atom is 0.147 e. The second kappa shape index (κ2) is 5.26.